The Morgan fingerprint density at radius 1 is 1.06 bits per heavy atom. The van der Waals surface area contributed by atoms with E-state index in [1.807, 2.05) is 17.9 Å². The second-order valence-corrected chi connectivity index (χ2v) is 11.2. The van der Waals surface area contributed by atoms with Crippen LogP contribution in [0.4, 0.5) is 0 Å². The first-order valence-electron chi connectivity index (χ1n) is 11.4. The van der Waals surface area contributed by atoms with Gasteiger partial charge < -0.3 is 14.6 Å². The quantitative estimate of drug-likeness (QED) is 0.691. The van der Waals surface area contributed by atoms with E-state index in [1.165, 1.54) is 10.9 Å². The van der Waals surface area contributed by atoms with Crippen molar-refractivity contribution in [2.75, 3.05) is 32.7 Å². The average Bonchev–Trinajstić information content (AvgIpc) is 3.07. The Hall–Kier alpha value is -2.45. The largest absolute Gasteiger partial charge is 0.427 e. The first-order chi connectivity index (χ1) is 15.4. The molecule has 7 nitrogen and oxygen atoms in total. The highest BCUT2D eigenvalue weighted by Gasteiger charge is 2.26. The lowest BCUT2D eigenvalue weighted by Crippen LogP contribution is -2.48. The van der Waals surface area contributed by atoms with Crippen molar-refractivity contribution in [2.45, 2.75) is 54.5 Å². The third-order valence-corrected chi connectivity index (χ3v) is 7.20. The molecule has 8 heteroatoms. The molecule has 0 saturated carbocycles. The minimum atomic E-state index is -0.431. The first-order valence-corrected chi connectivity index (χ1v) is 12.3. The number of nitrogens with one attached hydrogen (secondary N) is 1. The molecule has 1 N–H and O–H groups in total. The number of amides is 2. The SMILES string of the molecule is Cc1cc(C(=O)NCCC(C)(C)C)sc1CN1CCN(C(=O)c2c(C)cc(=O)oc2C)CC1. The highest BCUT2D eigenvalue weighted by molar-refractivity contribution is 7.14. The molecule has 1 fully saturated rings. The average molecular weight is 474 g/mol. The van der Waals surface area contributed by atoms with E-state index < -0.39 is 5.63 Å². The summed E-state index contributed by atoms with van der Waals surface area (Å²) < 4.78 is 5.13. The van der Waals surface area contributed by atoms with Gasteiger partial charge in [0.25, 0.3) is 11.8 Å². The summed E-state index contributed by atoms with van der Waals surface area (Å²) in [7, 11) is 0. The van der Waals surface area contributed by atoms with E-state index in [0.717, 1.165) is 36.5 Å². The predicted octanol–water partition coefficient (Wildman–Crippen LogP) is 3.75. The lowest BCUT2D eigenvalue weighted by Gasteiger charge is -2.35. The van der Waals surface area contributed by atoms with E-state index >= 15 is 0 Å². The molecule has 1 saturated heterocycles. The van der Waals surface area contributed by atoms with Gasteiger partial charge in [-0.25, -0.2) is 4.79 Å². The van der Waals surface area contributed by atoms with Gasteiger partial charge in [0.2, 0.25) is 0 Å². The molecule has 3 heterocycles. The molecule has 1 aliphatic heterocycles. The van der Waals surface area contributed by atoms with E-state index in [2.05, 4.69) is 31.0 Å². The molecular weight excluding hydrogens is 438 g/mol. The first kappa shape index (κ1) is 25.2. The molecule has 1 aliphatic rings. The smallest absolute Gasteiger partial charge is 0.336 e. The lowest BCUT2D eigenvalue weighted by molar-refractivity contribution is 0.0624. The number of hydrogen-bond donors (Lipinski definition) is 1. The van der Waals surface area contributed by atoms with E-state index in [0.29, 0.717) is 36.5 Å². The van der Waals surface area contributed by atoms with Crippen molar-refractivity contribution in [3.8, 4) is 0 Å². The highest BCUT2D eigenvalue weighted by atomic mass is 32.1. The van der Waals surface area contributed by atoms with Gasteiger partial charge >= 0.3 is 5.63 Å². The van der Waals surface area contributed by atoms with Crippen LogP contribution in [0.5, 0.6) is 0 Å². The molecule has 2 amide bonds. The van der Waals surface area contributed by atoms with Crippen molar-refractivity contribution >= 4 is 23.2 Å². The third-order valence-electron chi connectivity index (χ3n) is 5.98. The van der Waals surface area contributed by atoms with Crippen molar-refractivity contribution in [3.63, 3.8) is 0 Å². The van der Waals surface area contributed by atoms with E-state index in [9.17, 15) is 14.4 Å². The molecule has 0 spiro atoms. The summed E-state index contributed by atoms with van der Waals surface area (Å²) >= 11 is 1.55. The second-order valence-electron chi connectivity index (χ2n) is 10.0. The van der Waals surface area contributed by atoms with Crippen LogP contribution in [0, 0.1) is 26.2 Å². The van der Waals surface area contributed by atoms with Crippen LogP contribution >= 0.6 is 11.3 Å². The number of carbonyl (C=O) groups excluding carboxylic acids is 2. The lowest BCUT2D eigenvalue weighted by atomic mass is 9.92. The summed E-state index contributed by atoms with van der Waals surface area (Å²) in [6, 6.07) is 3.34. The Balaban J connectivity index is 1.56. The maximum absolute atomic E-state index is 13.0. The van der Waals surface area contributed by atoms with Crippen LogP contribution in [0.3, 0.4) is 0 Å². The van der Waals surface area contributed by atoms with E-state index in [4.69, 9.17) is 4.42 Å². The number of piperazine rings is 1. The molecule has 0 atom stereocenters. The fourth-order valence-corrected chi connectivity index (χ4v) is 5.11. The van der Waals surface area contributed by atoms with Crippen molar-refractivity contribution in [1.29, 1.82) is 0 Å². The van der Waals surface area contributed by atoms with Gasteiger partial charge in [-0.2, -0.15) is 0 Å². The molecule has 2 aromatic heterocycles. The fraction of sp³-hybridized carbons (Fsp3) is 0.560. The Morgan fingerprint density at radius 3 is 2.33 bits per heavy atom. The summed E-state index contributed by atoms with van der Waals surface area (Å²) in [6.45, 7) is 16.2. The number of hydrogen-bond acceptors (Lipinski definition) is 6. The summed E-state index contributed by atoms with van der Waals surface area (Å²) in [5.74, 6) is 0.277. The van der Waals surface area contributed by atoms with Gasteiger partial charge in [-0.3, -0.25) is 14.5 Å². The number of thiophene rings is 1. The molecule has 3 rings (SSSR count). The van der Waals surface area contributed by atoms with Crippen LogP contribution in [0.1, 0.15) is 69.0 Å². The highest BCUT2D eigenvalue weighted by Crippen LogP contribution is 2.25. The van der Waals surface area contributed by atoms with Crippen LogP contribution < -0.4 is 10.9 Å². The van der Waals surface area contributed by atoms with Crippen molar-refractivity contribution in [2.24, 2.45) is 5.41 Å². The summed E-state index contributed by atoms with van der Waals surface area (Å²) in [5.41, 5.74) is 2.03. The number of nitrogens with zero attached hydrogens (tertiary/aromatic N) is 2. The molecule has 0 aromatic carbocycles. The van der Waals surface area contributed by atoms with Crippen LogP contribution in [0.25, 0.3) is 0 Å². The summed E-state index contributed by atoms with van der Waals surface area (Å²) in [4.78, 5) is 43.1. The maximum atomic E-state index is 13.0. The fourth-order valence-electron chi connectivity index (χ4n) is 3.97. The van der Waals surface area contributed by atoms with E-state index in [1.54, 1.807) is 25.2 Å². The zero-order valence-electron chi connectivity index (χ0n) is 20.5. The molecule has 0 bridgehead atoms. The molecule has 0 aliphatic carbocycles. The predicted molar refractivity (Wildman–Crippen MR) is 131 cm³/mol. The van der Waals surface area contributed by atoms with Crippen LogP contribution in [0.2, 0.25) is 0 Å². The zero-order valence-corrected chi connectivity index (χ0v) is 21.4. The maximum Gasteiger partial charge on any atom is 0.336 e. The Bertz CT molecular complexity index is 1050. The topological polar surface area (TPSA) is 82.9 Å². The van der Waals surface area contributed by atoms with Gasteiger partial charge in [0, 0.05) is 50.2 Å². The van der Waals surface area contributed by atoms with Crippen molar-refractivity contribution in [1.82, 2.24) is 15.1 Å². The van der Waals surface area contributed by atoms with Gasteiger partial charge in [-0.1, -0.05) is 20.8 Å². The Kier molecular flexibility index (Phi) is 7.80. The van der Waals surface area contributed by atoms with Gasteiger partial charge in [0.15, 0.2) is 0 Å². The van der Waals surface area contributed by atoms with Gasteiger partial charge in [0.1, 0.15) is 5.76 Å². The standard InChI is InChI=1S/C25H35N3O4S/c1-16-13-19(23(30)26-8-7-25(4,5)6)33-20(16)15-27-9-11-28(12-10-27)24(31)22-17(2)14-21(29)32-18(22)3/h13-14H,7-12,15H2,1-6H3,(H,26,30). The van der Waals surface area contributed by atoms with Crippen LogP contribution in [0.15, 0.2) is 21.3 Å². The van der Waals surface area contributed by atoms with Crippen molar-refractivity contribution < 1.29 is 14.0 Å². The van der Waals surface area contributed by atoms with Gasteiger partial charge in [0.05, 0.1) is 10.4 Å². The second kappa shape index (κ2) is 10.2. The molecule has 0 unspecified atom stereocenters. The number of rotatable bonds is 6. The molecule has 2 aromatic rings. The Labute approximate surface area is 199 Å². The molecule has 180 valence electrons. The van der Waals surface area contributed by atoms with Gasteiger partial charge in [-0.05, 0) is 49.8 Å². The van der Waals surface area contributed by atoms with Crippen LogP contribution in [-0.4, -0.2) is 54.3 Å². The minimum absolute atomic E-state index is 0.00531. The monoisotopic (exact) mass is 473 g/mol. The van der Waals surface area contributed by atoms with Crippen LogP contribution in [-0.2, 0) is 6.54 Å². The molecular formula is C25H35N3O4S. The number of aryl methyl sites for hydroxylation is 3. The summed E-state index contributed by atoms with van der Waals surface area (Å²) in [6.07, 6.45) is 0.938. The number of carbonyl (C=O) groups is 2. The van der Waals surface area contributed by atoms with Gasteiger partial charge in [-0.15, -0.1) is 11.3 Å². The summed E-state index contributed by atoms with van der Waals surface area (Å²) in [5, 5.41) is 3.03. The normalized spacial score (nSPS) is 15.0. The molecule has 0 radical (unpaired) electrons. The minimum Gasteiger partial charge on any atom is -0.427 e. The third kappa shape index (κ3) is 6.54. The zero-order chi connectivity index (χ0) is 24.3. The van der Waals surface area contributed by atoms with E-state index in [-0.39, 0.29) is 17.2 Å². The Morgan fingerprint density at radius 2 is 1.73 bits per heavy atom. The van der Waals surface area contributed by atoms with Crippen molar-refractivity contribution in [3.05, 3.63) is 54.8 Å². The molecule has 33 heavy (non-hydrogen) atoms.